The number of hydrogen-bond acceptors (Lipinski definition) is 4. The van der Waals surface area contributed by atoms with Crippen LogP contribution in [0.25, 0.3) is 0 Å². The number of hydrogen-bond donors (Lipinski definition) is 3. The number of rotatable bonds is 6. The van der Waals surface area contributed by atoms with E-state index in [1.54, 1.807) is 7.11 Å². The molecule has 1 atom stereocenters. The van der Waals surface area contributed by atoms with Crippen molar-refractivity contribution in [1.82, 2.24) is 10.6 Å². The Bertz CT molecular complexity index is 183. The van der Waals surface area contributed by atoms with Gasteiger partial charge in [-0.1, -0.05) is 0 Å². The third-order valence-corrected chi connectivity index (χ3v) is 2.29. The average Bonchev–Trinajstić information content (AvgIpc) is 2.01. The second-order valence-electron chi connectivity index (χ2n) is 3.54. The molecular weight excluding hydrogens is 184 g/mol. The Balaban J connectivity index is 1.99. The summed E-state index contributed by atoms with van der Waals surface area (Å²) in [5.74, 6) is 0.197. The van der Waals surface area contributed by atoms with E-state index < -0.39 is 6.10 Å². The van der Waals surface area contributed by atoms with Gasteiger partial charge in [-0.3, -0.25) is 4.79 Å². The fraction of sp³-hybridized carbons (Fsp3) is 0.889. The van der Waals surface area contributed by atoms with Crippen LogP contribution < -0.4 is 10.6 Å². The van der Waals surface area contributed by atoms with Gasteiger partial charge in [0.05, 0.1) is 18.6 Å². The normalized spacial score (nSPS) is 18.7. The van der Waals surface area contributed by atoms with Gasteiger partial charge >= 0.3 is 0 Å². The Hall–Kier alpha value is -0.650. The van der Waals surface area contributed by atoms with Crippen LogP contribution in [0.2, 0.25) is 0 Å². The molecular formula is C9H18N2O3. The molecule has 0 aromatic heterocycles. The molecule has 82 valence electrons. The molecule has 0 bridgehead atoms. The van der Waals surface area contributed by atoms with E-state index >= 15 is 0 Å². The molecule has 1 aliphatic rings. The van der Waals surface area contributed by atoms with Crippen LogP contribution in [0, 0.1) is 5.92 Å². The highest BCUT2D eigenvalue weighted by Gasteiger charge is 2.24. The molecule has 0 aliphatic carbocycles. The second-order valence-corrected chi connectivity index (χ2v) is 3.54. The van der Waals surface area contributed by atoms with Crippen LogP contribution in [0.5, 0.6) is 0 Å². The van der Waals surface area contributed by atoms with Gasteiger partial charge in [-0.15, -0.1) is 0 Å². The van der Waals surface area contributed by atoms with Gasteiger partial charge in [-0.25, -0.2) is 0 Å². The number of methoxy groups -OCH3 is 1. The summed E-state index contributed by atoms with van der Waals surface area (Å²) in [5, 5.41) is 15.1. The predicted octanol–water partition coefficient (Wildman–Crippen LogP) is -1.28. The molecule has 14 heavy (non-hydrogen) atoms. The van der Waals surface area contributed by atoms with Crippen LogP contribution in [-0.2, 0) is 9.53 Å². The van der Waals surface area contributed by atoms with Crippen molar-refractivity contribution in [3.8, 4) is 0 Å². The fourth-order valence-electron chi connectivity index (χ4n) is 1.26. The van der Waals surface area contributed by atoms with Crippen molar-refractivity contribution in [2.45, 2.75) is 12.5 Å². The number of carbonyl (C=O) groups is 1. The maximum atomic E-state index is 11.3. The minimum absolute atomic E-state index is 0.0772. The number of nitrogens with one attached hydrogen (secondary N) is 2. The average molecular weight is 202 g/mol. The van der Waals surface area contributed by atoms with Crippen molar-refractivity contribution in [1.29, 1.82) is 0 Å². The Morgan fingerprint density at radius 2 is 2.43 bits per heavy atom. The maximum absolute atomic E-state index is 11.3. The van der Waals surface area contributed by atoms with Crippen LogP contribution >= 0.6 is 0 Å². The van der Waals surface area contributed by atoms with Crippen molar-refractivity contribution in [2.75, 3.05) is 33.4 Å². The Morgan fingerprint density at radius 1 is 1.71 bits per heavy atom. The maximum Gasteiger partial charge on any atom is 0.225 e. The summed E-state index contributed by atoms with van der Waals surface area (Å²) in [7, 11) is 1.54. The van der Waals surface area contributed by atoms with Gasteiger partial charge in [-0.05, 0) is 6.42 Å². The third-order valence-electron chi connectivity index (χ3n) is 2.29. The van der Waals surface area contributed by atoms with Crippen molar-refractivity contribution in [3.05, 3.63) is 0 Å². The third kappa shape index (κ3) is 3.61. The molecule has 1 heterocycles. The molecule has 1 saturated heterocycles. The predicted molar refractivity (Wildman–Crippen MR) is 51.9 cm³/mol. The molecule has 1 rings (SSSR count). The molecule has 0 radical (unpaired) electrons. The highest BCUT2D eigenvalue weighted by atomic mass is 16.5. The molecule has 0 saturated carbocycles. The molecule has 1 amide bonds. The quantitative estimate of drug-likeness (QED) is 0.502. The molecule has 1 unspecified atom stereocenters. The number of ether oxygens (including phenoxy) is 1. The number of aliphatic hydroxyl groups is 1. The molecule has 5 nitrogen and oxygen atoms in total. The summed E-state index contributed by atoms with van der Waals surface area (Å²) in [6.45, 7) is 2.37. The zero-order chi connectivity index (χ0) is 10.4. The van der Waals surface area contributed by atoms with Crippen LogP contribution in [0.4, 0.5) is 0 Å². The largest absolute Gasteiger partial charge is 0.391 e. The van der Waals surface area contributed by atoms with Crippen molar-refractivity contribution in [3.63, 3.8) is 0 Å². The second kappa shape index (κ2) is 5.95. The van der Waals surface area contributed by atoms with Crippen LogP contribution in [0.3, 0.4) is 0 Å². The van der Waals surface area contributed by atoms with Crippen LogP contribution in [0.15, 0.2) is 0 Å². The molecule has 0 spiro atoms. The van der Waals surface area contributed by atoms with Gasteiger partial charge < -0.3 is 20.5 Å². The van der Waals surface area contributed by atoms with E-state index in [0.717, 1.165) is 13.1 Å². The lowest BCUT2D eigenvalue weighted by atomic mass is 10.0. The minimum Gasteiger partial charge on any atom is -0.391 e. The highest BCUT2D eigenvalue weighted by Crippen LogP contribution is 2.02. The summed E-state index contributed by atoms with van der Waals surface area (Å²) in [5.41, 5.74) is 0. The number of carbonyl (C=O) groups excluding carboxylic acids is 1. The van der Waals surface area contributed by atoms with Crippen LogP contribution in [0.1, 0.15) is 6.42 Å². The summed E-state index contributed by atoms with van der Waals surface area (Å²) >= 11 is 0. The van der Waals surface area contributed by atoms with Crippen LogP contribution in [-0.4, -0.2) is 50.5 Å². The Kier molecular flexibility index (Phi) is 4.86. The molecule has 0 aromatic carbocycles. The zero-order valence-electron chi connectivity index (χ0n) is 8.45. The lowest BCUT2D eigenvalue weighted by Crippen LogP contribution is -2.51. The van der Waals surface area contributed by atoms with Crippen molar-refractivity contribution < 1.29 is 14.6 Å². The molecule has 1 aliphatic heterocycles. The van der Waals surface area contributed by atoms with E-state index in [1.165, 1.54) is 0 Å². The number of aliphatic hydroxyl groups excluding tert-OH is 1. The summed E-state index contributed by atoms with van der Waals surface area (Å²) < 4.78 is 4.77. The fourth-order valence-corrected chi connectivity index (χ4v) is 1.26. The molecule has 5 heteroatoms. The first-order chi connectivity index (χ1) is 6.74. The first-order valence-corrected chi connectivity index (χ1v) is 4.89. The lowest BCUT2D eigenvalue weighted by molar-refractivity contribution is -0.126. The molecule has 3 N–H and O–H groups in total. The summed E-state index contributed by atoms with van der Waals surface area (Å²) in [6.07, 6.45) is 0.0551. The molecule has 0 aromatic rings. The highest BCUT2D eigenvalue weighted by molar-refractivity contribution is 5.79. The van der Waals surface area contributed by atoms with E-state index in [1.807, 2.05) is 0 Å². The van der Waals surface area contributed by atoms with E-state index in [2.05, 4.69) is 10.6 Å². The summed E-state index contributed by atoms with van der Waals surface area (Å²) in [6, 6.07) is 0. The van der Waals surface area contributed by atoms with Gasteiger partial charge in [0, 0.05) is 26.7 Å². The first-order valence-electron chi connectivity index (χ1n) is 4.89. The van der Waals surface area contributed by atoms with Crippen molar-refractivity contribution in [2.24, 2.45) is 5.92 Å². The summed E-state index contributed by atoms with van der Waals surface area (Å²) in [4.78, 5) is 11.3. The van der Waals surface area contributed by atoms with Gasteiger partial charge in [0.25, 0.3) is 0 Å². The molecule has 1 fully saturated rings. The Morgan fingerprint density at radius 3 is 2.93 bits per heavy atom. The standard InChI is InChI=1S/C9H18N2O3/c1-14-6-8(12)2-3-11-9(13)7-4-10-5-7/h7-8,10,12H,2-6H2,1H3,(H,11,13). The first kappa shape index (κ1) is 11.4. The SMILES string of the molecule is COCC(O)CCNC(=O)C1CNC1. The van der Waals surface area contributed by atoms with E-state index in [0.29, 0.717) is 19.6 Å². The van der Waals surface area contributed by atoms with E-state index in [-0.39, 0.29) is 11.8 Å². The van der Waals surface area contributed by atoms with E-state index in [9.17, 15) is 9.90 Å². The number of amides is 1. The topological polar surface area (TPSA) is 70.6 Å². The smallest absolute Gasteiger partial charge is 0.225 e. The lowest BCUT2D eigenvalue weighted by Gasteiger charge is -2.25. The van der Waals surface area contributed by atoms with Gasteiger partial charge in [0.1, 0.15) is 0 Å². The van der Waals surface area contributed by atoms with Gasteiger partial charge in [0.2, 0.25) is 5.91 Å². The minimum atomic E-state index is -0.486. The van der Waals surface area contributed by atoms with E-state index in [4.69, 9.17) is 4.74 Å². The van der Waals surface area contributed by atoms with Crippen molar-refractivity contribution >= 4 is 5.91 Å². The Labute approximate surface area is 83.8 Å². The van der Waals surface area contributed by atoms with Gasteiger partial charge in [-0.2, -0.15) is 0 Å². The zero-order valence-corrected chi connectivity index (χ0v) is 8.45. The monoisotopic (exact) mass is 202 g/mol. The van der Waals surface area contributed by atoms with Gasteiger partial charge in [0.15, 0.2) is 0 Å².